The first kappa shape index (κ1) is 25.2. The number of hydrogen-bond acceptors (Lipinski definition) is 4. The first-order valence-corrected chi connectivity index (χ1v) is 12.8. The Hall–Kier alpha value is -2.92. The predicted molar refractivity (Wildman–Crippen MR) is 142 cm³/mol. The van der Waals surface area contributed by atoms with Crippen molar-refractivity contribution in [3.05, 3.63) is 80.2 Å². The smallest absolute Gasteiger partial charge is 0.290 e. The molecule has 1 unspecified atom stereocenters. The molecule has 0 bridgehead atoms. The van der Waals surface area contributed by atoms with Gasteiger partial charge in [0, 0.05) is 6.54 Å². The maximum absolute atomic E-state index is 13.8. The van der Waals surface area contributed by atoms with Crippen LogP contribution in [0.2, 0.25) is 0 Å². The Morgan fingerprint density at radius 3 is 2.20 bits per heavy atom. The van der Waals surface area contributed by atoms with E-state index in [4.69, 9.17) is 4.42 Å². The minimum Gasteiger partial charge on any atom is -0.450 e. The first-order valence-electron chi connectivity index (χ1n) is 12.8. The second-order valence-corrected chi connectivity index (χ2v) is 10.8. The van der Waals surface area contributed by atoms with E-state index in [1.54, 1.807) is 0 Å². The van der Waals surface area contributed by atoms with E-state index in [0.29, 0.717) is 23.1 Å². The number of nitrogens with zero attached hydrogens (tertiary/aromatic N) is 2. The van der Waals surface area contributed by atoms with Crippen molar-refractivity contribution in [2.45, 2.75) is 66.3 Å². The summed E-state index contributed by atoms with van der Waals surface area (Å²) in [5, 5.41) is 0.543. The van der Waals surface area contributed by atoms with Crippen molar-refractivity contribution in [2.24, 2.45) is 0 Å². The molecule has 0 aliphatic carbocycles. The molecular formula is C30H38N2O3. The third-order valence-corrected chi connectivity index (χ3v) is 7.44. The number of aryl methyl sites for hydroxylation is 2. The molecule has 3 aromatic rings. The van der Waals surface area contributed by atoms with Crippen LogP contribution in [0.4, 0.5) is 0 Å². The van der Waals surface area contributed by atoms with E-state index in [0.717, 1.165) is 42.7 Å². The minimum absolute atomic E-state index is 0.0238. The summed E-state index contributed by atoms with van der Waals surface area (Å²) in [6.07, 6.45) is 0.837. The van der Waals surface area contributed by atoms with Gasteiger partial charge in [-0.1, -0.05) is 58.9 Å². The normalized spacial score (nSPS) is 15.9. The molecule has 1 atom stereocenters. The molecule has 0 radical (unpaired) electrons. The lowest BCUT2D eigenvalue weighted by Crippen LogP contribution is -2.33. The van der Waals surface area contributed by atoms with Crippen LogP contribution >= 0.6 is 0 Å². The molecule has 0 saturated carbocycles. The number of carbonyl (C=O) groups is 1. The molecule has 4 rings (SSSR count). The Morgan fingerprint density at radius 2 is 1.60 bits per heavy atom. The van der Waals surface area contributed by atoms with Gasteiger partial charge in [0.05, 0.1) is 17.0 Å². The Bertz CT molecular complexity index is 1290. The van der Waals surface area contributed by atoms with Gasteiger partial charge in [0.15, 0.2) is 5.43 Å². The van der Waals surface area contributed by atoms with Crippen molar-refractivity contribution in [3.63, 3.8) is 0 Å². The Labute approximate surface area is 208 Å². The Morgan fingerprint density at radius 1 is 0.971 bits per heavy atom. The van der Waals surface area contributed by atoms with Gasteiger partial charge in [0.1, 0.15) is 5.58 Å². The quantitative estimate of drug-likeness (QED) is 0.422. The van der Waals surface area contributed by atoms with Crippen LogP contribution in [-0.4, -0.2) is 41.9 Å². The fraction of sp³-hybridized carbons (Fsp3) is 0.467. The summed E-state index contributed by atoms with van der Waals surface area (Å²) >= 11 is 0. The van der Waals surface area contributed by atoms with E-state index in [9.17, 15) is 9.59 Å². The summed E-state index contributed by atoms with van der Waals surface area (Å²) in [4.78, 5) is 31.6. The lowest BCUT2D eigenvalue weighted by molar-refractivity contribution is 0.0720. The van der Waals surface area contributed by atoms with Crippen LogP contribution < -0.4 is 5.43 Å². The van der Waals surface area contributed by atoms with Gasteiger partial charge in [-0.05, 0) is 79.7 Å². The van der Waals surface area contributed by atoms with Gasteiger partial charge in [-0.25, -0.2) is 0 Å². The van der Waals surface area contributed by atoms with Crippen molar-refractivity contribution in [1.82, 2.24) is 9.80 Å². The fourth-order valence-corrected chi connectivity index (χ4v) is 5.02. The van der Waals surface area contributed by atoms with E-state index < -0.39 is 6.04 Å². The first-order chi connectivity index (χ1) is 16.6. The summed E-state index contributed by atoms with van der Waals surface area (Å²) in [6.45, 7) is 18.3. The van der Waals surface area contributed by atoms with Gasteiger partial charge >= 0.3 is 0 Å². The molecule has 1 aliphatic rings. The molecule has 5 nitrogen and oxygen atoms in total. The van der Waals surface area contributed by atoms with Crippen molar-refractivity contribution < 1.29 is 9.21 Å². The monoisotopic (exact) mass is 474 g/mol. The number of benzene rings is 2. The molecule has 0 saturated heterocycles. The molecule has 1 aliphatic heterocycles. The van der Waals surface area contributed by atoms with Crippen LogP contribution in [0.25, 0.3) is 11.0 Å². The van der Waals surface area contributed by atoms with Gasteiger partial charge < -0.3 is 14.2 Å². The molecule has 2 heterocycles. The van der Waals surface area contributed by atoms with E-state index in [1.165, 1.54) is 5.56 Å². The Balaban J connectivity index is 1.82. The highest BCUT2D eigenvalue weighted by atomic mass is 16.3. The van der Waals surface area contributed by atoms with Crippen LogP contribution in [0.1, 0.15) is 85.5 Å². The summed E-state index contributed by atoms with van der Waals surface area (Å²) in [5.74, 6) is 0.000151. The van der Waals surface area contributed by atoms with Gasteiger partial charge in [-0.3, -0.25) is 9.59 Å². The zero-order chi connectivity index (χ0) is 25.5. The third kappa shape index (κ3) is 4.66. The predicted octanol–water partition coefficient (Wildman–Crippen LogP) is 5.98. The summed E-state index contributed by atoms with van der Waals surface area (Å²) < 4.78 is 6.16. The summed E-state index contributed by atoms with van der Waals surface area (Å²) in [6, 6.07) is 11.7. The third-order valence-electron chi connectivity index (χ3n) is 7.44. The van der Waals surface area contributed by atoms with Crippen LogP contribution in [0.3, 0.4) is 0 Å². The van der Waals surface area contributed by atoms with E-state index in [-0.39, 0.29) is 22.5 Å². The van der Waals surface area contributed by atoms with Crippen LogP contribution in [0.5, 0.6) is 0 Å². The zero-order valence-corrected chi connectivity index (χ0v) is 22.2. The average Bonchev–Trinajstić information content (AvgIpc) is 3.09. The largest absolute Gasteiger partial charge is 0.450 e. The van der Waals surface area contributed by atoms with Crippen molar-refractivity contribution in [3.8, 4) is 0 Å². The highest BCUT2D eigenvalue weighted by Gasteiger charge is 2.42. The SMILES string of the molecule is CCN(CC)CCCN1C(=O)c2oc3cc(C)c(C)cc3c(=O)c2C1c1ccc(C(C)(C)C)cc1. The molecule has 0 spiro atoms. The molecule has 1 aromatic heterocycles. The number of carbonyl (C=O) groups excluding carboxylic acids is 1. The second-order valence-electron chi connectivity index (χ2n) is 10.8. The summed E-state index contributed by atoms with van der Waals surface area (Å²) in [5.41, 5.74) is 5.12. The highest BCUT2D eigenvalue weighted by Crippen LogP contribution is 2.39. The molecule has 2 aromatic carbocycles. The topological polar surface area (TPSA) is 53.8 Å². The van der Waals surface area contributed by atoms with Crippen LogP contribution in [-0.2, 0) is 5.41 Å². The van der Waals surface area contributed by atoms with Crippen molar-refractivity contribution >= 4 is 16.9 Å². The molecule has 0 fully saturated rings. The second kappa shape index (κ2) is 9.62. The van der Waals surface area contributed by atoms with Gasteiger partial charge in [0.2, 0.25) is 5.76 Å². The number of amides is 1. The lowest BCUT2D eigenvalue weighted by Gasteiger charge is -2.27. The van der Waals surface area contributed by atoms with E-state index in [2.05, 4.69) is 63.8 Å². The fourth-order valence-electron chi connectivity index (χ4n) is 5.02. The average molecular weight is 475 g/mol. The lowest BCUT2D eigenvalue weighted by atomic mass is 9.86. The minimum atomic E-state index is -0.439. The molecule has 0 N–H and O–H groups in total. The summed E-state index contributed by atoms with van der Waals surface area (Å²) in [7, 11) is 0. The van der Waals surface area contributed by atoms with E-state index >= 15 is 0 Å². The van der Waals surface area contributed by atoms with Gasteiger partial charge in [0.25, 0.3) is 5.91 Å². The van der Waals surface area contributed by atoms with Crippen molar-refractivity contribution in [2.75, 3.05) is 26.2 Å². The Kier molecular flexibility index (Phi) is 6.92. The maximum atomic E-state index is 13.8. The molecule has 35 heavy (non-hydrogen) atoms. The standard InChI is InChI=1S/C30H38N2O3/c1-8-31(9-2)15-10-16-32-26(21-11-13-22(14-12-21)30(5,6)7)25-27(33)23-17-19(3)20(4)18-24(23)35-28(25)29(32)34/h11-14,17-18,26H,8-10,15-16H2,1-7H3. The number of fused-ring (bicyclic) bond motifs is 2. The van der Waals surface area contributed by atoms with Crippen molar-refractivity contribution in [1.29, 1.82) is 0 Å². The molecule has 5 heteroatoms. The maximum Gasteiger partial charge on any atom is 0.290 e. The molecule has 1 amide bonds. The number of rotatable bonds is 7. The van der Waals surface area contributed by atoms with Gasteiger partial charge in [-0.2, -0.15) is 0 Å². The molecule has 186 valence electrons. The molecular weight excluding hydrogens is 436 g/mol. The van der Waals surface area contributed by atoms with Crippen LogP contribution in [0.15, 0.2) is 45.6 Å². The van der Waals surface area contributed by atoms with Gasteiger partial charge in [-0.15, -0.1) is 0 Å². The number of hydrogen-bond donors (Lipinski definition) is 0. The van der Waals surface area contributed by atoms with Crippen LogP contribution in [0, 0.1) is 13.8 Å². The zero-order valence-electron chi connectivity index (χ0n) is 22.2. The highest BCUT2D eigenvalue weighted by molar-refractivity contribution is 5.99. The van der Waals surface area contributed by atoms with E-state index in [1.807, 2.05) is 30.9 Å².